The predicted octanol–water partition coefficient (Wildman–Crippen LogP) is 4.14. The van der Waals surface area contributed by atoms with E-state index in [0.717, 1.165) is 54.6 Å². The summed E-state index contributed by atoms with van der Waals surface area (Å²) in [5.74, 6) is 1.12. The largest absolute Gasteiger partial charge is 0.421 e. The van der Waals surface area contributed by atoms with Gasteiger partial charge in [0, 0.05) is 62.1 Å². The van der Waals surface area contributed by atoms with Crippen LogP contribution in [0.15, 0.2) is 70.5 Å². The quantitative estimate of drug-likeness (QED) is 0.414. The first-order valence-corrected chi connectivity index (χ1v) is 12.0. The van der Waals surface area contributed by atoms with Gasteiger partial charge in [-0.1, -0.05) is 48.5 Å². The lowest BCUT2D eigenvalue weighted by molar-refractivity contribution is -0.133. The lowest BCUT2D eigenvalue weighted by atomic mass is 10.2. The molecule has 1 saturated heterocycles. The second kappa shape index (κ2) is 10.1. The normalized spacial score (nSPS) is 14.5. The number of amides is 1. The molecule has 1 aliphatic rings. The number of piperazine rings is 1. The number of carbonyl (C=O) groups excluding carboxylic acids is 1. The number of aryl methyl sites for hydroxylation is 1. The van der Waals surface area contributed by atoms with Crippen LogP contribution >= 0.6 is 11.3 Å². The Morgan fingerprint density at radius 3 is 2.33 bits per heavy atom. The molecule has 168 valence electrons. The van der Waals surface area contributed by atoms with Crippen LogP contribution in [0.4, 0.5) is 0 Å². The molecular formula is C25H25N5O2S. The second-order valence-corrected chi connectivity index (χ2v) is 8.89. The van der Waals surface area contributed by atoms with Crippen LogP contribution in [0.3, 0.4) is 0 Å². The maximum atomic E-state index is 12.7. The summed E-state index contributed by atoms with van der Waals surface area (Å²) >= 11 is 1.68. The molecule has 8 heteroatoms. The van der Waals surface area contributed by atoms with Gasteiger partial charge in [0.1, 0.15) is 5.01 Å². The van der Waals surface area contributed by atoms with Gasteiger partial charge in [0.25, 0.3) is 0 Å². The van der Waals surface area contributed by atoms with Crippen molar-refractivity contribution >= 4 is 17.2 Å². The van der Waals surface area contributed by atoms with Gasteiger partial charge < -0.3 is 9.32 Å². The van der Waals surface area contributed by atoms with Gasteiger partial charge in [-0.25, -0.2) is 4.98 Å². The second-order valence-electron chi connectivity index (χ2n) is 8.03. The molecule has 0 unspecified atom stereocenters. The van der Waals surface area contributed by atoms with E-state index in [1.165, 1.54) is 0 Å². The average molecular weight is 460 g/mol. The highest BCUT2D eigenvalue weighted by molar-refractivity contribution is 7.13. The summed E-state index contributed by atoms with van der Waals surface area (Å²) in [6, 6.07) is 19.9. The molecule has 3 heterocycles. The smallest absolute Gasteiger partial charge is 0.247 e. The molecule has 0 saturated carbocycles. The molecule has 4 aromatic rings. The van der Waals surface area contributed by atoms with Crippen LogP contribution in [0.1, 0.15) is 18.0 Å². The number of aromatic nitrogens is 3. The van der Waals surface area contributed by atoms with Crippen molar-refractivity contribution in [2.24, 2.45) is 0 Å². The lowest BCUT2D eigenvalue weighted by Crippen LogP contribution is -2.48. The Kier molecular flexibility index (Phi) is 6.55. The zero-order valence-corrected chi connectivity index (χ0v) is 19.1. The van der Waals surface area contributed by atoms with Crippen LogP contribution in [-0.2, 0) is 17.8 Å². The van der Waals surface area contributed by atoms with E-state index in [0.29, 0.717) is 24.6 Å². The third-order valence-corrected chi connectivity index (χ3v) is 6.66. The van der Waals surface area contributed by atoms with Gasteiger partial charge in [-0.3, -0.25) is 9.69 Å². The molecule has 0 aliphatic carbocycles. The third kappa shape index (κ3) is 5.35. The molecule has 5 rings (SSSR count). The molecule has 7 nitrogen and oxygen atoms in total. The van der Waals surface area contributed by atoms with Crippen LogP contribution in [-0.4, -0.2) is 57.1 Å². The Bertz CT molecular complexity index is 1180. The number of nitrogens with zero attached hydrogens (tertiary/aromatic N) is 5. The van der Waals surface area contributed by atoms with Crippen molar-refractivity contribution in [2.75, 3.05) is 26.2 Å². The summed E-state index contributed by atoms with van der Waals surface area (Å²) in [4.78, 5) is 21.8. The zero-order chi connectivity index (χ0) is 22.5. The topological polar surface area (TPSA) is 75.4 Å². The van der Waals surface area contributed by atoms with Crippen LogP contribution in [0, 0.1) is 0 Å². The molecule has 0 atom stereocenters. The summed E-state index contributed by atoms with van der Waals surface area (Å²) in [6.45, 7) is 3.97. The molecule has 33 heavy (non-hydrogen) atoms. The fourth-order valence-electron chi connectivity index (χ4n) is 3.90. The van der Waals surface area contributed by atoms with Crippen molar-refractivity contribution in [2.45, 2.75) is 19.4 Å². The van der Waals surface area contributed by atoms with Gasteiger partial charge in [-0.05, 0) is 12.1 Å². The van der Waals surface area contributed by atoms with Gasteiger partial charge >= 0.3 is 0 Å². The lowest BCUT2D eigenvalue weighted by Gasteiger charge is -2.34. The van der Waals surface area contributed by atoms with E-state index in [2.05, 4.69) is 32.6 Å². The van der Waals surface area contributed by atoms with Crippen molar-refractivity contribution < 1.29 is 9.21 Å². The van der Waals surface area contributed by atoms with E-state index in [1.807, 2.05) is 53.4 Å². The van der Waals surface area contributed by atoms with Crippen molar-refractivity contribution in [3.05, 3.63) is 77.6 Å². The molecule has 0 bridgehead atoms. The Morgan fingerprint density at radius 2 is 1.61 bits per heavy atom. The molecule has 2 aromatic heterocycles. The minimum Gasteiger partial charge on any atom is -0.421 e. The van der Waals surface area contributed by atoms with Crippen LogP contribution in [0.25, 0.3) is 22.0 Å². The van der Waals surface area contributed by atoms with E-state index in [1.54, 1.807) is 11.3 Å². The molecule has 0 N–H and O–H groups in total. The Hall–Kier alpha value is -3.36. The summed E-state index contributed by atoms with van der Waals surface area (Å²) in [5, 5.41) is 11.4. The first-order valence-electron chi connectivity index (χ1n) is 11.1. The number of rotatable bonds is 7. The number of hydrogen-bond donors (Lipinski definition) is 0. The molecule has 1 amide bonds. The van der Waals surface area contributed by atoms with E-state index >= 15 is 0 Å². The molecule has 2 aromatic carbocycles. The Morgan fingerprint density at radius 1 is 0.909 bits per heavy atom. The summed E-state index contributed by atoms with van der Waals surface area (Å²) < 4.78 is 5.72. The molecule has 0 radical (unpaired) electrons. The average Bonchev–Trinajstić information content (AvgIpc) is 3.54. The standard InChI is InChI=1S/C25H25N5O2S/c31-23(12-11-22-27-28-24(32-22)19-7-3-1-4-8-19)30-15-13-29(14-16-30)17-21-18-33-25(26-21)20-9-5-2-6-10-20/h1-10,18H,11-17H2. The maximum Gasteiger partial charge on any atom is 0.247 e. The zero-order valence-electron chi connectivity index (χ0n) is 18.3. The number of benzene rings is 2. The Balaban J connectivity index is 1.08. The van der Waals surface area contributed by atoms with Crippen molar-refractivity contribution in [3.8, 4) is 22.0 Å². The molecule has 0 spiro atoms. The van der Waals surface area contributed by atoms with Gasteiger partial charge in [0.05, 0.1) is 5.69 Å². The van der Waals surface area contributed by atoms with E-state index in [-0.39, 0.29) is 5.91 Å². The molecular weight excluding hydrogens is 434 g/mol. The van der Waals surface area contributed by atoms with Crippen molar-refractivity contribution in [1.29, 1.82) is 0 Å². The SMILES string of the molecule is O=C(CCc1nnc(-c2ccccc2)o1)N1CCN(Cc2csc(-c3ccccc3)n2)CC1. The first-order chi connectivity index (χ1) is 16.2. The monoisotopic (exact) mass is 459 g/mol. The van der Waals surface area contributed by atoms with Gasteiger partial charge in [0.2, 0.25) is 17.7 Å². The first kappa shape index (κ1) is 21.5. The van der Waals surface area contributed by atoms with Gasteiger partial charge in [0.15, 0.2) is 0 Å². The van der Waals surface area contributed by atoms with Crippen LogP contribution in [0.2, 0.25) is 0 Å². The van der Waals surface area contributed by atoms with E-state index < -0.39 is 0 Å². The minimum absolute atomic E-state index is 0.133. The molecule has 1 fully saturated rings. The van der Waals surface area contributed by atoms with Crippen molar-refractivity contribution in [3.63, 3.8) is 0 Å². The van der Waals surface area contributed by atoms with E-state index in [4.69, 9.17) is 9.40 Å². The number of carbonyl (C=O) groups is 1. The summed E-state index contributed by atoms with van der Waals surface area (Å²) in [7, 11) is 0. The fraction of sp³-hybridized carbons (Fsp3) is 0.280. The number of thiazole rings is 1. The highest BCUT2D eigenvalue weighted by Crippen LogP contribution is 2.24. The summed E-state index contributed by atoms with van der Waals surface area (Å²) in [5.41, 5.74) is 3.13. The highest BCUT2D eigenvalue weighted by Gasteiger charge is 2.22. The maximum absolute atomic E-state index is 12.7. The third-order valence-electron chi connectivity index (χ3n) is 5.72. The Labute approximate surface area is 196 Å². The fourth-order valence-corrected chi connectivity index (χ4v) is 4.72. The van der Waals surface area contributed by atoms with Crippen LogP contribution in [0.5, 0.6) is 0 Å². The van der Waals surface area contributed by atoms with Crippen molar-refractivity contribution in [1.82, 2.24) is 25.0 Å². The number of hydrogen-bond acceptors (Lipinski definition) is 7. The molecule has 1 aliphatic heterocycles. The predicted molar refractivity (Wildman–Crippen MR) is 127 cm³/mol. The minimum atomic E-state index is 0.133. The van der Waals surface area contributed by atoms with Crippen LogP contribution < -0.4 is 0 Å². The van der Waals surface area contributed by atoms with Gasteiger partial charge in [-0.15, -0.1) is 21.5 Å². The van der Waals surface area contributed by atoms with E-state index in [9.17, 15) is 4.79 Å². The highest BCUT2D eigenvalue weighted by atomic mass is 32.1. The van der Waals surface area contributed by atoms with Gasteiger partial charge in [-0.2, -0.15) is 0 Å². The summed E-state index contributed by atoms with van der Waals surface area (Å²) in [6.07, 6.45) is 0.836.